The number of carbonyl (C=O) groups is 2. The molecule has 0 aromatic heterocycles. The van der Waals surface area contributed by atoms with Gasteiger partial charge in [0.1, 0.15) is 5.75 Å². The van der Waals surface area contributed by atoms with E-state index in [0.717, 1.165) is 0 Å². The van der Waals surface area contributed by atoms with Crippen molar-refractivity contribution in [2.75, 3.05) is 27.2 Å². The SMILES string of the molecule is COc1ccc(C(=O)CN(C)CC(=O)NC(C)C)cc1Cl. The van der Waals surface area contributed by atoms with Gasteiger partial charge in [-0.05, 0) is 39.1 Å². The minimum atomic E-state index is -0.104. The van der Waals surface area contributed by atoms with Crippen molar-refractivity contribution in [1.82, 2.24) is 10.2 Å². The van der Waals surface area contributed by atoms with Gasteiger partial charge in [0.2, 0.25) is 5.91 Å². The van der Waals surface area contributed by atoms with E-state index in [0.29, 0.717) is 16.3 Å². The third kappa shape index (κ3) is 5.73. The van der Waals surface area contributed by atoms with Gasteiger partial charge < -0.3 is 10.1 Å². The number of ether oxygens (including phenoxy) is 1. The lowest BCUT2D eigenvalue weighted by Gasteiger charge is -2.17. The molecular formula is C15H21ClN2O3. The highest BCUT2D eigenvalue weighted by atomic mass is 35.5. The number of ketones is 1. The molecular weight excluding hydrogens is 292 g/mol. The minimum Gasteiger partial charge on any atom is -0.495 e. The summed E-state index contributed by atoms with van der Waals surface area (Å²) >= 11 is 6.00. The first kappa shape index (κ1) is 17.5. The molecule has 0 atom stereocenters. The van der Waals surface area contributed by atoms with Crippen LogP contribution in [0.2, 0.25) is 5.02 Å². The molecule has 116 valence electrons. The number of carbonyl (C=O) groups excluding carboxylic acids is 2. The molecule has 0 unspecified atom stereocenters. The smallest absolute Gasteiger partial charge is 0.234 e. The predicted molar refractivity (Wildman–Crippen MR) is 83.1 cm³/mol. The van der Waals surface area contributed by atoms with Crippen LogP contribution in [0, 0.1) is 0 Å². The predicted octanol–water partition coefficient (Wildman–Crippen LogP) is 1.99. The number of likely N-dealkylation sites (N-methyl/N-ethyl adjacent to an activating group) is 1. The number of hydrogen-bond acceptors (Lipinski definition) is 4. The summed E-state index contributed by atoms with van der Waals surface area (Å²) in [7, 11) is 3.24. The van der Waals surface area contributed by atoms with Gasteiger partial charge in [-0.1, -0.05) is 11.6 Å². The van der Waals surface area contributed by atoms with E-state index in [1.807, 2.05) is 13.8 Å². The Morgan fingerprint density at radius 3 is 2.52 bits per heavy atom. The Morgan fingerprint density at radius 2 is 2.00 bits per heavy atom. The van der Waals surface area contributed by atoms with Crippen LogP contribution in [0.1, 0.15) is 24.2 Å². The first-order valence-corrected chi connectivity index (χ1v) is 7.06. The molecule has 0 radical (unpaired) electrons. The average molecular weight is 313 g/mol. The molecule has 0 saturated heterocycles. The molecule has 1 aromatic carbocycles. The van der Waals surface area contributed by atoms with Crippen LogP contribution in [0.3, 0.4) is 0 Å². The van der Waals surface area contributed by atoms with Crippen LogP contribution in [0.4, 0.5) is 0 Å². The number of nitrogens with zero attached hydrogens (tertiary/aromatic N) is 1. The molecule has 1 aromatic rings. The van der Waals surface area contributed by atoms with Crippen molar-refractivity contribution in [3.63, 3.8) is 0 Å². The van der Waals surface area contributed by atoms with Crippen LogP contribution in [0.5, 0.6) is 5.75 Å². The number of Topliss-reactive ketones (excluding diaryl/α,β-unsaturated/α-hetero) is 1. The fourth-order valence-corrected chi connectivity index (χ4v) is 2.10. The molecule has 5 nitrogen and oxygen atoms in total. The average Bonchev–Trinajstić information content (AvgIpc) is 2.36. The second kappa shape index (κ2) is 8.00. The lowest BCUT2D eigenvalue weighted by Crippen LogP contribution is -2.40. The van der Waals surface area contributed by atoms with Crippen LogP contribution in [0.15, 0.2) is 18.2 Å². The lowest BCUT2D eigenvalue weighted by atomic mass is 10.1. The molecule has 1 rings (SSSR count). The highest BCUT2D eigenvalue weighted by Crippen LogP contribution is 2.25. The molecule has 6 heteroatoms. The molecule has 0 aliphatic carbocycles. The van der Waals surface area contributed by atoms with E-state index < -0.39 is 0 Å². The molecule has 0 aliphatic heterocycles. The van der Waals surface area contributed by atoms with E-state index in [2.05, 4.69) is 5.32 Å². The van der Waals surface area contributed by atoms with Crippen molar-refractivity contribution in [3.05, 3.63) is 28.8 Å². The zero-order valence-corrected chi connectivity index (χ0v) is 13.5. The van der Waals surface area contributed by atoms with Crippen LogP contribution < -0.4 is 10.1 Å². The van der Waals surface area contributed by atoms with Gasteiger partial charge in [0.15, 0.2) is 5.78 Å². The standard InChI is InChI=1S/C15H21ClN2O3/c1-10(2)17-15(20)9-18(3)8-13(19)11-5-6-14(21-4)12(16)7-11/h5-7,10H,8-9H2,1-4H3,(H,17,20). The van der Waals surface area contributed by atoms with Crippen molar-refractivity contribution in [2.45, 2.75) is 19.9 Å². The second-order valence-electron chi connectivity index (χ2n) is 5.17. The van der Waals surface area contributed by atoms with Crippen molar-refractivity contribution in [2.24, 2.45) is 0 Å². The highest BCUT2D eigenvalue weighted by molar-refractivity contribution is 6.32. The largest absolute Gasteiger partial charge is 0.495 e. The Bertz CT molecular complexity index is 518. The van der Waals surface area contributed by atoms with Gasteiger partial charge in [-0.25, -0.2) is 0 Å². The zero-order valence-electron chi connectivity index (χ0n) is 12.8. The summed E-state index contributed by atoms with van der Waals surface area (Å²) in [5, 5.41) is 3.17. The molecule has 21 heavy (non-hydrogen) atoms. The van der Waals surface area contributed by atoms with Crippen molar-refractivity contribution >= 4 is 23.3 Å². The van der Waals surface area contributed by atoms with E-state index >= 15 is 0 Å². The molecule has 0 heterocycles. The first-order chi connectivity index (χ1) is 9.83. The Labute approximate surface area is 130 Å². The number of methoxy groups -OCH3 is 1. The van der Waals surface area contributed by atoms with Crippen LogP contribution in [-0.4, -0.2) is 49.9 Å². The number of hydrogen-bond donors (Lipinski definition) is 1. The highest BCUT2D eigenvalue weighted by Gasteiger charge is 2.14. The summed E-state index contributed by atoms with van der Waals surface area (Å²) in [4.78, 5) is 25.4. The molecule has 0 bridgehead atoms. The topological polar surface area (TPSA) is 58.6 Å². The van der Waals surface area contributed by atoms with E-state index in [1.165, 1.54) is 7.11 Å². The van der Waals surface area contributed by atoms with Gasteiger partial charge in [-0.2, -0.15) is 0 Å². The van der Waals surface area contributed by atoms with Crippen molar-refractivity contribution in [1.29, 1.82) is 0 Å². The van der Waals surface area contributed by atoms with Gasteiger partial charge in [0.05, 0.1) is 25.2 Å². The summed E-state index contributed by atoms with van der Waals surface area (Å²) < 4.78 is 5.04. The molecule has 0 saturated carbocycles. The number of rotatable bonds is 7. The summed E-state index contributed by atoms with van der Waals surface area (Å²) in [6.07, 6.45) is 0. The van der Waals surface area contributed by atoms with E-state index in [-0.39, 0.29) is 30.8 Å². The van der Waals surface area contributed by atoms with E-state index in [1.54, 1.807) is 30.1 Å². The van der Waals surface area contributed by atoms with Gasteiger partial charge in [0.25, 0.3) is 0 Å². The maximum atomic E-state index is 12.1. The summed E-state index contributed by atoms with van der Waals surface area (Å²) in [5.41, 5.74) is 0.497. The summed E-state index contributed by atoms with van der Waals surface area (Å²) in [6.45, 7) is 4.10. The first-order valence-electron chi connectivity index (χ1n) is 6.68. The van der Waals surface area contributed by atoms with E-state index in [4.69, 9.17) is 16.3 Å². The summed E-state index contributed by atoms with van der Waals surface area (Å²) in [5.74, 6) is 0.324. The number of halogens is 1. The number of amides is 1. The van der Waals surface area contributed by atoms with E-state index in [9.17, 15) is 9.59 Å². The number of nitrogens with one attached hydrogen (secondary N) is 1. The quantitative estimate of drug-likeness (QED) is 0.782. The Hall–Kier alpha value is -1.59. The maximum Gasteiger partial charge on any atom is 0.234 e. The van der Waals surface area contributed by atoms with Crippen LogP contribution >= 0.6 is 11.6 Å². The maximum absolute atomic E-state index is 12.1. The third-order valence-corrected chi connectivity index (χ3v) is 3.05. The van der Waals surface area contributed by atoms with Gasteiger partial charge in [0, 0.05) is 11.6 Å². The van der Waals surface area contributed by atoms with Crippen molar-refractivity contribution < 1.29 is 14.3 Å². The minimum absolute atomic E-state index is 0.0852. The van der Waals surface area contributed by atoms with Gasteiger partial charge in [-0.15, -0.1) is 0 Å². The normalized spacial score (nSPS) is 10.8. The fraction of sp³-hybridized carbons (Fsp3) is 0.467. The fourth-order valence-electron chi connectivity index (χ4n) is 1.84. The Morgan fingerprint density at radius 1 is 1.33 bits per heavy atom. The summed E-state index contributed by atoms with van der Waals surface area (Å²) in [6, 6.07) is 4.97. The van der Waals surface area contributed by atoms with Gasteiger partial charge in [-0.3, -0.25) is 14.5 Å². The van der Waals surface area contributed by atoms with Gasteiger partial charge >= 0.3 is 0 Å². The zero-order chi connectivity index (χ0) is 16.0. The van der Waals surface area contributed by atoms with Crippen molar-refractivity contribution in [3.8, 4) is 5.75 Å². The Balaban J connectivity index is 2.60. The molecule has 0 spiro atoms. The van der Waals surface area contributed by atoms with Crippen LogP contribution in [-0.2, 0) is 4.79 Å². The molecule has 0 fully saturated rings. The molecule has 0 aliphatic rings. The second-order valence-corrected chi connectivity index (χ2v) is 5.57. The monoisotopic (exact) mass is 312 g/mol. The lowest BCUT2D eigenvalue weighted by molar-refractivity contribution is -0.122. The van der Waals surface area contributed by atoms with Crippen LogP contribution in [0.25, 0.3) is 0 Å². The third-order valence-electron chi connectivity index (χ3n) is 2.75. The number of benzene rings is 1. The molecule has 1 N–H and O–H groups in total. The molecule has 1 amide bonds. The Kier molecular flexibility index (Phi) is 6.65.